The smallest absolute Gasteiger partial charge is 0.306 e. The topological polar surface area (TPSA) is 78.9 Å². The first-order chi connectivity index (χ1) is 40.0. The van der Waals surface area contributed by atoms with Crippen molar-refractivity contribution in [1.29, 1.82) is 0 Å². The van der Waals surface area contributed by atoms with Crippen molar-refractivity contribution in [3.05, 3.63) is 85.1 Å². The normalized spacial score (nSPS) is 12.6. The van der Waals surface area contributed by atoms with E-state index >= 15 is 0 Å². The molecule has 0 bridgehead atoms. The molecule has 0 saturated carbocycles. The van der Waals surface area contributed by atoms with Crippen LogP contribution in [0.15, 0.2) is 85.1 Å². The molecule has 0 spiro atoms. The largest absolute Gasteiger partial charge is 0.462 e. The lowest BCUT2D eigenvalue weighted by Gasteiger charge is -2.18. The van der Waals surface area contributed by atoms with Crippen LogP contribution in [-0.2, 0) is 28.6 Å². The first-order valence-corrected chi connectivity index (χ1v) is 35.1. The second-order valence-corrected chi connectivity index (χ2v) is 23.4. The third kappa shape index (κ3) is 67.3. The Labute approximate surface area is 503 Å². The predicted molar refractivity (Wildman–Crippen MR) is 353 cm³/mol. The van der Waals surface area contributed by atoms with E-state index in [0.29, 0.717) is 19.3 Å². The lowest BCUT2D eigenvalue weighted by atomic mass is 10.0. The molecule has 0 aromatic heterocycles. The molecule has 0 rings (SSSR count). The van der Waals surface area contributed by atoms with Gasteiger partial charge in [0.15, 0.2) is 6.10 Å². The van der Waals surface area contributed by atoms with Gasteiger partial charge in [0, 0.05) is 19.3 Å². The molecule has 6 heteroatoms. The Bertz CT molecular complexity index is 1530. The van der Waals surface area contributed by atoms with Gasteiger partial charge in [-0.1, -0.05) is 305 Å². The van der Waals surface area contributed by atoms with Crippen molar-refractivity contribution in [2.24, 2.45) is 0 Å². The van der Waals surface area contributed by atoms with Crippen LogP contribution in [0.1, 0.15) is 355 Å². The van der Waals surface area contributed by atoms with Gasteiger partial charge in [-0.25, -0.2) is 0 Å². The van der Waals surface area contributed by atoms with Gasteiger partial charge in [-0.15, -0.1) is 0 Å². The van der Waals surface area contributed by atoms with Gasteiger partial charge in [0.05, 0.1) is 0 Å². The van der Waals surface area contributed by atoms with Crippen LogP contribution in [0.25, 0.3) is 0 Å². The molecule has 0 aromatic rings. The van der Waals surface area contributed by atoms with E-state index in [0.717, 1.165) is 89.9 Å². The molecule has 1 unspecified atom stereocenters. The van der Waals surface area contributed by atoms with Crippen molar-refractivity contribution in [1.82, 2.24) is 0 Å². The Morgan fingerprint density at radius 3 is 0.790 bits per heavy atom. The number of hydrogen-bond acceptors (Lipinski definition) is 6. The molecule has 0 amide bonds. The van der Waals surface area contributed by atoms with E-state index in [1.165, 1.54) is 225 Å². The molecule has 0 N–H and O–H groups in total. The van der Waals surface area contributed by atoms with Gasteiger partial charge in [0.25, 0.3) is 0 Å². The summed E-state index contributed by atoms with van der Waals surface area (Å²) in [6.45, 7) is 6.55. The summed E-state index contributed by atoms with van der Waals surface area (Å²) >= 11 is 0. The standard InChI is InChI=1S/C75H132O6/c1-4-7-10-13-16-19-22-25-28-31-34-36-37-39-41-44-47-50-53-56-59-62-65-68-74(77)80-71-72(70-79-73(76)67-64-61-58-55-52-49-46-43-40-33-30-27-24-21-18-15-12-9-6-3)81-75(78)69-66-63-60-57-54-51-48-45-42-38-35-32-29-26-23-20-17-14-11-8-5-2/h7,10,16,18-19,21,25,27-28,30,32,34-36,72H,4-6,8-9,11-15,17,20,22-24,26,29,31,33,37-71H2,1-3H3/b10-7-,19-16-,21-18-,28-25-,30-27-,35-32-,36-34-. The molecule has 0 saturated heterocycles. The fourth-order valence-electron chi connectivity index (χ4n) is 10.1. The van der Waals surface area contributed by atoms with Crippen molar-refractivity contribution in [3.63, 3.8) is 0 Å². The summed E-state index contributed by atoms with van der Waals surface area (Å²) in [4.78, 5) is 38.5. The van der Waals surface area contributed by atoms with Gasteiger partial charge >= 0.3 is 17.9 Å². The number of esters is 3. The number of rotatable bonds is 64. The number of hydrogen-bond donors (Lipinski definition) is 0. The van der Waals surface area contributed by atoms with E-state index in [4.69, 9.17) is 14.2 Å². The van der Waals surface area contributed by atoms with Crippen molar-refractivity contribution in [3.8, 4) is 0 Å². The lowest BCUT2D eigenvalue weighted by molar-refractivity contribution is -0.167. The molecule has 0 aliphatic carbocycles. The molecule has 0 aliphatic rings. The molecular weight excluding hydrogens is 997 g/mol. The first-order valence-electron chi connectivity index (χ1n) is 35.1. The van der Waals surface area contributed by atoms with Crippen molar-refractivity contribution in [2.75, 3.05) is 13.2 Å². The second kappa shape index (κ2) is 69.1. The summed E-state index contributed by atoms with van der Waals surface area (Å²) in [6.07, 6.45) is 91.7. The molecule has 0 heterocycles. The third-order valence-electron chi connectivity index (χ3n) is 15.4. The van der Waals surface area contributed by atoms with Gasteiger partial charge in [-0.3, -0.25) is 14.4 Å². The molecular formula is C75H132O6. The Hall–Kier alpha value is -3.41. The molecule has 1 atom stereocenters. The van der Waals surface area contributed by atoms with Crippen LogP contribution in [0.3, 0.4) is 0 Å². The van der Waals surface area contributed by atoms with Gasteiger partial charge < -0.3 is 14.2 Å². The van der Waals surface area contributed by atoms with Gasteiger partial charge in [-0.2, -0.15) is 0 Å². The lowest BCUT2D eigenvalue weighted by Crippen LogP contribution is -2.30. The van der Waals surface area contributed by atoms with E-state index in [1.54, 1.807) is 0 Å². The highest BCUT2D eigenvalue weighted by Crippen LogP contribution is 2.17. The maximum Gasteiger partial charge on any atom is 0.306 e. The number of carbonyl (C=O) groups is 3. The van der Waals surface area contributed by atoms with Gasteiger partial charge in [-0.05, 0) is 116 Å². The highest BCUT2D eigenvalue weighted by atomic mass is 16.6. The van der Waals surface area contributed by atoms with Crippen LogP contribution in [0, 0.1) is 0 Å². The van der Waals surface area contributed by atoms with E-state index in [-0.39, 0.29) is 31.1 Å². The molecule has 0 aliphatic heterocycles. The molecule has 81 heavy (non-hydrogen) atoms. The summed E-state index contributed by atoms with van der Waals surface area (Å²) in [5.41, 5.74) is 0. The number of carbonyl (C=O) groups excluding carboxylic acids is 3. The SMILES string of the molecule is CC/C=C\C/C=C\C/C=C\C/C=C\CCCCCCCCCCCCC(=O)OCC(COC(=O)CCCCCCCCCCC/C=C\C/C=C\CCCCC)OC(=O)CCCCCCCCCCC/C=C\CCCCCCCCCC. The monoisotopic (exact) mass is 1130 g/mol. The number of allylic oxidation sites excluding steroid dienone is 14. The Morgan fingerprint density at radius 1 is 0.259 bits per heavy atom. The zero-order chi connectivity index (χ0) is 58.5. The zero-order valence-electron chi connectivity index (χ0n) is 53.8. The van der Waals surface area contributed by atoms with E-state index < -0.39 is 6.10 Å². The van der Waals surface area contributed by atoms with Gasteiger partial charge in [0.2, 0.25) is 0 Å². The summed E-state index contributed by atoms with van der Waals surface area (Å²) in [7, 11) is 0. The van der Waals surface area contributed by atoms with E-state index in [2.05, 4.69) is 106 Å². The van der Waals surface area contributed by atoms with Crippen molar-refractivity contribution >= 4 is 17.9 Å². The average molecular weight is 1130 g/mol. The number of unbranched alkanes of at least 4 members (excludes halogenated alkanes) is 39. The van der Waals surface area contributed by atoms with Crippen LogP contribution in [-0.4, -0.2) is 37.2 Å². The van der Waals surface area contributed by atoms with Crippen LogP contribution < -0.4 is 0 Å². The maximum atomic E-state index is 13.0. The summed E-state index contributed by atoms with van der Waals surface area (Å²) in [5, 5.41) is 0. The summed E-state index contributed by atoms with van der Waals surface area (Å²) in [5.74, 6) is -0.870. The Morgan fingerprint density at radius 2 is 0.481 bits per heavy atom. The minimum absolute atomic E-state index is 0.0787. The minimum Gasteiger partial charge on any atom is -0.462 e. The molecule has 0 radical (unpaired) electrons. The quantitative estimate of drug-likeness (QED) is 0.0261. The van der Waals surface area contributed by atoms with Crippen molar-refractivity contribution < 1.29 is 28.6 Å². The molecule has 0 fully saturated rings. The fraction of sp³-hybridized carbons (Fsp3) is 0.773. The maximum absolute atomic E-state index is 13.0. The van der Waals surface area contributed by atoms with Crippen LogP contribution in [0.5, 0.6) is 0 Å². The number of ether oxygens (including phenoxy) is 3. The Balaban J connectivity index is 4.37. The van der Waals surface area contributed by atoms with Gasteiger partial charge in [0.1, 0.15) is 13.2 Å². The highest BCUT2D eigenvalue weighted by molar-refractivity contribution is 5.71. The van der Waals surface area contributed by atoms with Crippen LogP contribution >= 0.6 is 0 Å². The second-order valence-electron chi connectivity index (χ2n) is 23.4. The van der Waals surface area contributed by atoms with Crippen molar-refractivity contribution in [2.45, 2.75) is 361 Å². The van der Waals surface area contributed by atoms with E-state index in [1.807, 2.05) is 0 Å². The summed E-state index contributed by atoms with van der Waals surface area (Å²) < 4.78 is 17.0. The fourth-order valence-corrected chi connectivity index (χ4v) is 10.1. The van der Waals surface area contributed by atoms with E-state index in [9.17, 15) is 14.4 Å². The average Bonchev–Trinajstić information content (AvgIpc) is 3.47. The highest BCUT2D eigenvalue weighted by Gasteiger charge is 2.19. The Kier molecular flexibility index (Phi) is 66.2. The molecule has 0 aromatic carbocycles. The summed E-state index contributed by atoms with van der Waals surface area (Å²) in [6, 6.07) is 0. The molecule has 6 nitrogen and oxygen atoms in total. The minimum atomic E-state index is -0.783. The first kappa shape index (κ1) is 77.6. The zero-order valence-corrected chi connectivity index (χ0v) is 53.8. The predicted octanol–water partition coefficient (Wildman–Crippen LogP) is 24.2. The third-order valence-corrected chi connectivity index (χ3v) is 15.4. The molecule has 468 valence electrons. The van der Waals surface area contributed by atoms with Crippen LogP contribution in [0.2, 0.25) is 0 Å². The van der Waals surface area contributed by atoms with Crippen LogP contribution in [0.4, 0.5) is 0 Å².